The van der Waals surface area contributed by atoms with Crippen LogP contribution in [0, 0.1) is 0 Å². The van der Waals surface area contributed by atoms with E-state index in [0.29, 0.717) is 11.0 Å². The Bertz CT molecular complexity index is 531. The molecule has 17 heavy (non-hydrogen) atoms. The molecule has 0 bridgehead atoms. The lowest BCUT2D eigenvalue weighted by molar-refractivity contribution is -0.140. The molecule has 1 aromatic carbocycles. The number of benzene rings is 1. The van der Waals surface area contributed by atoms with Crippen LogP contribution in [0.3, 0.4) is 0 Å². The predicted molar refractivity (Wildman–Crippen MR) is 60.1 cm³/mol. The lowest BCUT2D eigenvalue weighted by Gasteiger charge is -2.12. The van der Waals surface area contributed by atoms with Crippen molar-refractivity contribution >= 4 is 22.6 Å². The van der Waals surface area contributed by atoms with Crippen LogP contribution in [0.2, 0.25) is 0 Å². The van der Waals surface area contributed by atoms with Crippen LogP contribution in [0.15, 0.2) is 24.3 Å². The van der Waals surface area contributed by atoms with Crippen molar-refractivity contribution in [1.29, 1.82) is 0 Å². The van der Waals surface area contributed by atoms with Gasteiger partial charge in [-0.1, -0.05) is 12.1 Å². The third-order valence-electron chi connectivity index (χ3n) is 2.38. The zero-order valence-electron chi connectivity index (χ0n) is 9.00. The third kappa shape index (κ3) is 2.54. The topological polar surface area (TPSA) is 17.8 Å². The van der Waals surface area contributed by atoms with E-state index in [4.69, 9.17) is 11.6 Å². The fourth-order valence-corrected chi connectivity index (χ4v) is 1.91. The predicted octanol–water partition coefficient (Wildman–Crippen LogP) is 3.90. The van der Waals surface area contributed by atoms with Crippen LogP contribution in [-0.2, 0) is 6.54 Å². The Morgan fingerprint density at radius 1 is 1.35 bits per heavy atom. The minimum Gasteiger partial charge on any atom is -0.318 e. The molecule has 0 saturated carbocycles. The number of hydrogen-bond donors (Lipinski definition) is 0. The largest absolute Gasteiger partial charge is 0.406 e. The van der Waals surface area contributed by atoms with Gasteiger partial charge in [-0.05, 0) is 19.1 Å². The van der Waals surface area contributed by atoms with Crippen molar-refractivity contribution in [2.24, 2.45) is 0 Å². The Kier molecular flexibility index (Phi) is 3.03. The molecule has 2 rings (SSSR count). The van der Waals surface area contributed by atoms with Gasteiger partial charge in [0.2, 0.25) is 0 Å². The van der Waals surface area contributed by atoms with Crippen LogP contribution >= 0.6 is 11.6 Å². The molecule has 0 fully saturated rings. The zero-order valence-corrected chi connectivity index (χ0v) is 9.76. The van der Waals surface area contributed by atoms with E-state index in [1.54, 1.807) is 31.2 Å². The minimum absolute atomic E-state index is 0.241. The van der Waals surface area contributed by atoms with Crippen LogP contribution in [0.1, 0.15) is 18.1 Å². The molecule has 0 saturated heterocycles. The van der Waals surface area contributed by atoms with Crippen molar-refractivity contribution in [2.75, 3.05) is 0 Å². The maximum atomic E-state index is 12.5. The SMILES string of the molecule is CC(Cl)c1nc2ccccc2n1CC(F)(F)F. The van der Waals surface area contributed by atoms with E-state index in [1.807, 2.05) is 0 Å². The summed E-state index contributed by atoms with van der Waals surface area (Å²) in [7, 11) is 0. The quantitative estimate of drug-likeness (QED) is 0.751. The van der Waals surface area contributed by atoms with Crippen molar-refractivity contribution < 1.29 is 13.2 Å². The highest BCUT2D eigenvalue weighted by Crippen LogP contribution is 2.28. The molecule has 2 aromatic rings. The lowest BCUT2D eigenvalue weighted by Crippen LogP contribution is -2.19. The standard InChI is InChI=1S/C11H10ClF3N2/c1-7(12)10-16-8-4-2-3-5-9(8)17(10)6-11(13,14)15/h2-5,7H,6H2,1H3. The summed E-state index contributed by atoms with van der Waals surface area (Å²) >= 11 is 5.86. The second kappa shape index (κ2) is 4.22. The summed E-state index contributed by atoms with van der Waals surface area (Å²) in [6.45, 7) is 0.537. The number of halogens is 4. The number of rotatable bonds is 2. The van der Waals surface area contributed by atoms with E-state index in [1.165, 1.54) is 0 Å². The summed E-state index contributed by atoms with van der Waals surface area (Å²) in [5.41, 5.74) is 0.978. The van der Waals surface area contributed by atoms with Crippen LogP contribution in [-0.4, -0.2) is 15.7 Å². The molecule has 1 aromatic heterocycles. The minimum atomic E-state index is -4.29. The number of fused-ring (bicyclic) bond motifs is 1. The Balaban J connectivity index is 2.60. The molecule has 0 spiro atoms. The maximum Gasteiger partial charge on any atom is 0.406 e. The Hall–Kier alpha value is -1.23. The molecule has 2 nitrogen and oxygen atoms in total. The molecular formula is C11H10ClF3N2. The molecule has 0 radical (unpaired) electrons. The normalized spacial score (nSPS) is 14.2. The van der Waals surface area contributed by atoms with E-state index >= 15 is 0 Å². The number of nitrogens with zero attached hydrogens (tertiary/aromatic N) is 2. The number of alkyl halides is 4. The third-order valence-corrected chi connectivity index (χ3v) is 2.57. The van der Waals surface area contributed by atoms with E-state index < -0.39 is 18.1 Å². The van der Waals surface area contributed by atoms with Crippen LogP contribution in [0.25, 0.3) is 11.0 Å². The van der Waals surface area contributed by atoms with Gasteiger partial charge in [0, 0.05) is 0 Å². The van der Waals surface area contributed by atoms with Crippen molar-refractivity contribution in [3.63, 3.8) is 0 Å². The molecule has 6 heteroatoms. The van der Waals surface area contributed by atoms with Gasteiger partial charge in [-0.15, -0.1) is 11.6 Å². The molecule has 0 aliphatic rings. The molecule has 0 aliphatic heterocycles. The average molecular weight is 263 g/mol. The Labute approximate surface area is 101 Å². The van der Waals surface area contributed by atoms with Gasteiger partial charge in [0.05, 0.1) is 16.4 Å². The van der Waals surface area contributed by atoms with Gasteiger partial charge in [0.25, 0.3) is 0 Å². The van der Waals surface area contributed by atoms with E-state index in [0.717, 1.165) is 4.57 Å². The number of imidazole rings is 1. The molecule has 0 aliphatic carbocycles. The molecule has 0 amide bonds. The summed E-state index contributed by atoms with van der Waals surface area (Å²) in [6.07, 6.45) is -4.29. The van der Waals surface area contributed by atoms with Gasteiger partial charge in [-0.2, -0.15) is 13.2 Å². The highest BCUT2D eigenvalue weighted by Gasteiger charge is 2.30. The summed E-state index contributed by atoms with van der Waals surface area (Å²) in [6, 6.07) is 6.69. The van der Waals surface area contributed by atoms with Crippen molar-refractivity contribution in [3.8, 4) is 0 Å². The highest BCUT2D eigenvalue weighted by atomic mass is 35.5. The first-order chi connectivity index (χ1) is 7.88. The Morgan fingerprint density at radius 3 is 2.59 bits per heavy atom. The summed E-state index contributed by atoms with van der Waals surface area (Å²) < 4.78 is 38.6. The number of para-hydroxylation sites is 2. The average Bonchev–Trinajstić information content (AvgIpc) is 2.55. The zero-order chi connectivity index (χ0) is 12.6. The molecule has 0 N–H and O–H groups in total. The second-order valence-electron chi connectivity index (χ2n) is 3.78. The van der Waals surface area contributed by atoms with Gasteiger partial charge >= 0.3 is 6.18 Å². The summed E-state index contributed by atoms with van der Waals surface area (Å²) in [4.78, 5) is 4.13. The summed E-state index contributed by atoms with van der Waals surface area (Å²) in [5, 5.41) is -0.565. The van der Waals surface area contributed by atoms with Crippen LogP contribution in [0.5, 0.6) is 0 Å². The number of hydrogen-bond acceptors (Lipinski definition) is 1. The smallest absolute Gasteiger partial charge is 0.318 e. The van der Waals surface area contributed by atoms with Gasteiger partial charge in [-0.25, -0.2) is 4.98 Å². The van der Waals surface area contributed by atoms with Crippen LogP contribution < -0.4 is 0 Å². The van der Waals surface area contributed by atoms with Crippen molar-refractivity contribution in [2.45, 2.75) is 25.0 Å². The number of aromatic nitrogens is 2. The fraction of sp³-hybridized carbons (Fsp3) is 0.364. The fourth-order valence-electron chi connectivity index (χ4n) is 1.74. The first-order valence-corrected chi connectivity index (χ1v) is 5.48. The first kappa shape index (κ1) is 12.2. The van der Waals surface area contributed by atoms with Gasteiger partial charge in [0.15, 0.2) is 0 Å². The molecule has 1 atom stereocenters. The molecule has 1 heterocycles. The highest BCUT2D eigenvalue weighted by molar-refractivity contribution is 6.20. The van der Waals surface area contributed by atoms with Crippen molar-refractivity contribution in [3.05, 3.63) is 30.1 Å². The molecule has 92 valence electrons. The van der Waals surface area contributed by atoms with Crippen molar-refractivity contribution in [1.82, 2.24) is 9.55 Å². The molecule has 1 unspecified atom stereocenters. The van der Waals surface area contributed by atoms with Crippen LogP contribution in [0.4, 0.5) is 13.2 Å². The maximum absolute atomic E-state index is 12.5. The van der Waals surface area contributed by atoms with Gasteiger partial charge in [0.1, 0.15) is 12.4 Å². The van der Waals surface area contributed by atoms with Gasteiger partial charge in [-0.3, -0.25) is 0 Å². The lowest BCUT2D eigenvalue weighted by atomic mass is 10.3. The van der Waals surface area contributed by atoms with E-state index in [9.17, 15) is 13.2 Å². The van der Waals surface area contributed by atoms with Gasteiger partial charge < -0.3 is 4.57 Å². The molecular weight excluding hydrogens is 253 g/mol. The first-order valence-electron chi connectivity index (χ1n) is 5.04. The Morgan fingerprint density at radius 2 is 2.00 bits per heavy atom. The van der Waals surface area contributed by atoms with E-state index in [-0.39, 0.29) is 5.82 Å². The second-order valence-corrected chi connectivity index (χ2v) is 4.43. The van der Waals surface area contributed by atoms with E-state index in [2.05, 4.69) is 4.98 Å². The monoisotopic (exact) mass is 262 g/mol. The summed E-state index contributed by atoms with van der Waals surface area (Å²) in [5.74, 6) is 0.241.